The van der Waals surface area contributed by atoms with Crippen molar-refractivity contribution in [1.82, 2.24) is 5.32 Å². The molecule has 0 aliphatic heterocycles. The number of anilines is 1. The topological polar surface area (TPSA) is 92.5 Å². The van der Waals surface area contributed by atoms with Gasteiger partial charge in [0.15, 0.2) is 0 Å². The molecule has 0 fully saturated rings. The van der Waals surface area contributed by atoms with Crippen LogP contribution in [0.5, 0.6) is 0 Å². The van der Waals surface area contributed by atoms with Crippen LogP contribution in [0.4, 0.5) is 5.69 Å². The first-order valence-corrected chi connectivity index (χ1v) is 9.92. The summed E-state index contributed by atoms with van der Waals surface area (Å²) < 4.78 is 27.4. The van der Waals surface area contributed by atoms with E-state index >= 15 is 0 Å². The van der Waals surface area contributed by atoms with Crippen molar-refractivity contribution in [1.29, 1.82) is 0 Å². The fraction of sp³-hybridized carbons (Fsp3) is 0.316. The molecule has 0 aliphatic carbocycles. The fourth-order valence-corrected chi connectivity index (χ4v) is 3.91. The first-order chi connectivity index (χ1) is 12.3. The molecule has 0 aromatic heterocycles. The molecule has 27 heavy (non-hydrogen) atoms. The summed E-state index contributed by atoms with van der Waals surface area (Å²) in [5.41, 5.74) is 7.06. The Morgan fingerprint density at radius 3 is 2.26 bits per heavy atom. The summed E-state index contributed by atoms with van der Waals surface area (Å²) in [6.07, 6.45) is 0.0459. The largest absolute Gasteiger partial charge is 0.352 e. The minimum absolute atomic E-state index is 0. The van der Waals surface area contributed by atoms with Crippen LogP contribution in [0.2, 0.25) is 0 Å². The number of halogens is 1. The molecular formula is C19H26ClN3O3S. The van der Waals surface area contributed by atoms with Crippen molar-refractivity contribution < 1.29 is 13.2 Å². The van der Waals surface area contributed by atoms with E-state index in [-0.39, 0.29) is 42.2 Å². The fourth-order valence-electron chi connectivity index (χ4n) is 2.43. The molecule has 0 bridgehead atoms. The van der Waals surface area contributed by atoms with Gasteiger partial charge < -0.3 is 11.1 Å². The monoisotopic (exact) mass is 411 g/mol. The highest BCUT2D eigenvalue weighted by Crippen LogP contribution is 2.24. The molecule has 0 radical (unpaired) electrons. The zero-order valence-electron chi connectivity index (χ0n) is 15.5. The predicted molar refractivity (Wildman–Crippen MR) is 111 cm³/mol. The summed E-state index contributed by atoms with van der Waals surface area (Å²) in [7, 11) is -3.77. The van der Waals surface area contributed by atoms with E-state index in [1.54, 1.807) is 49.4 Å². The predicted octanol–water partition coefficient (Wildman–Crippen LogP) is 2.47. The molecule has 0 saturated carbocycles. The summed E-state index contributed by atoms with van der Waals surface area (Å²) in [4.78, 5) is 12.3. The Morgan fingerprint density at radius 1 is 1.11 bits per heavy atom. The highest BCUT2D eigenvalue weighted by atomic mass is 35.5. The van der Waals surface area contributed by atoms with Crippen molar-refractivity contribution in [2.75, 3.05) is 17.4 Å². The highest BCUT2D eigenvalue weighted by molar-refractivity contribution is 7.92. The van der Waals surface area contributed by atoms with Crippen molar-refractivity contribution in [2.45, 2.75) is 31.2 Å². The molecule has 2 rings (SSSR count). The molecule has 0 unspecified atom stereocenters. The van der Waals surface area contributed by atoms with Gasteiger partial charge in [0, 0.05) is 25.6 Å². The lowest BCUT2D eigenvalue weighted by Crippen LogP contribution is -2.40. The molecule has 2 aromatic carbocycles. The second-order valence-electron chi connectivity index (χ2n) is 6.18. The van der Waals surface area contributed by atoms with Gasteiger partial charge in [-0.15, -0.1) is 12.4 Å². The lowest BCUT2D eigenvalue weighted by molar-refractivity contribution is -0.121. The summed E-state index contributed by atoms with van der Waals surface area (Å²) in [5.74, 6) is -0.233. The quantitative estimate of drug-likeness (QED) is 0.697. The number of sulfonamides is 1. The van der Waals surface area contributed by atoms with Crippen LogP contribution in [0.1, 0.15) is 18.9 Å². The number of carbonyl (C=O) groups is 1. The third-order valence-corrected chi connectivity index (χ3v) is 5.80. The van der Waals surface area contributed by atoms with Gasteiger partial charge in [-0.3, -0.25) is 9.10 Å². The van der Waals surface area contributed by atoms with Gasteiger partial charge in [-0.2, -0.15) is 0 Å². The van der Waals surface area contributed by atoms with Gasteiger partial charge in [-0.1, -0.05) is 35.9 Å². The van der Waals surface area contributed by atoms with E-state index in [0.29, 0.717) is 12.2 Å². The standard InChI is InChI=1S/C19H25N3O3S.ClH/c1-15-8-10-17(11-9-15)22(13-12-19(23)21-16(2)14-20)26(24,25)18-6-4-3-5-7-18;/h3-11,16H,12-14,20H2,1-2H3,(H,21,23);1H/t16-;/m0./s1. The molecule has 148 valence electrons. The molecule has 3 N–H and O–H groups in total. The zero-order chi connectivity index (χ0) is 19.2. The summed E-state index contributed by atoms with van der Waals surface area (Å²) in [6.45, 7) is 4.11. The second kappa shape index (κ2) is 10.3. The molecule has 0 spiro atoms. The van der Waals surface area contributed by atoms with Gasteiger partial charge in [0.25, 0.3) is 10.0 Å². The van der Waals surface area contributed by atoms with E-state index in [9.17, 15) is 13.2 Å². The van der Waals surface area contributed by atoms with E-state index in [0.717, 1.165) is 5.56 Å². The number of rotatable bonds is 8. The Balaban J connectivity index is 0.00000364. The molecular weight excluding hydrogens is 386 g/mol. The van der Waals surface area contributed by atoms with Crippen LogP contribution in [0.15, 0.2) is 59.5 Å². The van der Waals surface area contributed by atoms with Gasteiger partial charge >= 0.3 is 0 Å². The Morgan fingerprint density at radius 2 is 1.70 bits per heavy atom. The van der Waals surface area contributed by atoms with Crippen LogP contribution in [0, 0.1) is 6.92 Å². The minimum Gasteiger partial charge on any atom is -0.352 e. The van der Waals surface area contributed by atoms with Crippen LogP contribution in [-0.4, -0.2) is 33.5 Å². The number of amides is 1. The number of aryl methyl sites for hydroxylation is 1. The molecule has 8 heteroatoms. The number of nitrogens with zero attached hydrogens (tertiary/aromatic N) is 1. The van der Waals surface area contributed by atoms with Crippen molar-refractivity contribution in [3.63, 3.8) is 0 Å². The number of carbonyl (C=O) groups excluding carboxylic acids is 1. The lowest BCUT2D eigenvalue weighted by atomic mass is 10.2. The Hall–Kier alpha value is -2.09. The smallest absolute Gasteiger partial charge is 0.264 e. The lowest BCUT2D eigenvalue weighted by Gasteiger charge is -2.25. The third-order valence-electron chi connectivity index (χ3n) is 3.96. The Bertz CT molecular complexity index is 827. The number of nitrogens with two attached hydrogens (primary N) is 1. The molecule has 0 aliphatic rings. The maximum atomic E-state index is 13.1. The van der Waals surface area contributed by atoms with Crippen molar-refractivity contribution >= 4 is 34.0 Å². The van der Waals surface area contributed by atoms with Crippen molar-refractivity contribution in [3.8, 4) is 0 Å². The summed E-state index contributed by atoms with van der Waals surface area (Å²) in [5, 5.41) is 2.75. The van der Waals surface area contributed by atoms with Gasteiger partial charge in [-0.05, 0) is 38.1 Å². The van der Waals surface area contributed by atoms with Crippen molar-refractivity contribution in [3.05, 3.63) is 60.2 Å². The minimum atomic E-state index is -3.77. The van der Waals surface area contributed by atoms with Crippen LogP contribution in [0.3, 0.4) is 0 Å². The van der Waals surface area contributed by atoms with E-state index < -0.39 is 10.0 Å². The number of benzene rings is 2. The molecule has 0 heterocycles. The Labute approximate surface area is 167 Å². The first-order valence-electron chi connectivity index (χ1n) is 8.48. The molecule has 6 nitrogen and oxygen atoms in total. The maximum Gasteiger partial charge on any atom is 0.264 e. The molecule has 2 aromatic rings. The SMILES string of the molecule is Cc1ccc(N(CCC(=O)N[C@@H](C)CN)S(=O)(=O)c2ccccc2)cc1.Cl. The average molecular weight is 412 g/mol. The van der Waals surface area contributed by atoms with Crippen LogP contribution in [-0.2, 0) is 14.8 Å². The van der Waals surface area contributed by atoms with Gasteiger partial charge in [0.1, 0.15) is 0 Å². The number of hydrogen-bond donors (Lipinski definition) is 2. The average Bonchev–Trinajstić information content (AvgIpc) is 2.63. The number of nitrogens with one attached hydrogen (secondary N) is 1. The second-order valence-corrected chi connectivity index (χ2v) is 8.04. The van der Waals surface area contributed by atoms with Crippen LogP contribution < -0.4 is 15.4 Å². The first kappa shape index (κ1) is 23.0. The zero-order valence-corrected chi connectivity index (χ0v) is 17.1. The normalized spacial score (nSPS) is 12.0. The van der Waals surface area contributed by atoms with Crippen LogP contribution in [0.25, 0.3) is 0 Å². The van der Waals surface area contributed by atoms with Gasteiger partial charge in [0.2, 0.25) is 5.91 Å². The van der Waals surface area contributed by atoms with E-state index in [1.807, 2.05) is 19.1 Å². The molecule has 0 saturated heterocycles. The molecule has 1 atom stereocenters. The molecule has 1 amide bonds. The highest BCUT2D eigenvalue weighted by Gasteiger charge is 2.25. The number of hydrogen-bond acceptors (Lipinski definition) is 4. The van der Waals surface area contributed by atoms with E-state index in [2.05, 4.69) is 5.32 Å². The third kappa shape index (κ3) is 6.23. The van der Waals surface area contributed by atoms with E-state index in [4.69, 9.17) is 5.73 Å². The van der Waals surface area contributed by atoms with E-state index in [1.165, 1.54) is 4.31 Å². The van der Waals surface area contributed by atoms with Crippen LogP contribution >= 0.6 is 12.4 Å². The summed E-state index contributed by atoms with van der Waals surface area (Å²) >= 11 is 0. The van der Waals surface area contributed by atoms with Crippen molar-refractivity contribution in [2.24, 2.45) is 5.73 Å². The van der Waals surface area contributed by atoms with Gasteiger partial charge in [-0.25, -0.2) is 8.42 Å². The maximum absolute atomic E-state index is 13.1. The summed E-state index contributed by atoms with van der Waals surface area (Å²) in [6, 6.07) is 15.2. The van der Waals surface area contributed by atoms with Gasteiger partial charge in [0.05, 0.1) is 10.6 Å². The Kier molecular flexibility index (Phi) is 8.75.